The van der Waals surface area contributed by atoms with Crippen LogP contribution < -0.4 is 15.2 Å². The number of hydrogen-bond donors (Lipinski definition) is 1. The molecule has 1 aliphatic heterocycles. The van der Waals surface area contributed by atoms with Gasteiger partial charge < -0.3 is 20.1 Å². The summed E-state index contributed by atoms with van der Waals surface area (Å²) < 4.78 is 11.3. The number of amides is 1. The van der Waals surface area contributed by atoms with E-state index in [0.717, 1.165) is 12.8 Å². The Labute approximate surface area is 160 Å². The van der Waals surface area contributed by atoms with Crippen molar-refractivity contribution in [3.05, 3.63) is 59.7 Å². The summed E-state index contributed by atoms with van der Waals surface area (Å²) in [4.78, 5) is 14.7. The summed E-state index contributed by atoms with van der Waals surface area (Å²) >= 11 is 0. The number of nitrogens with two attached hydrogens (primary N) is 1. The van der Waals surface area contributed by atoms with E-state index in [1.165, 1.54) is 5.56 Å². The van der Waals surface area contributed by atoms with Gasteiger partial charge in [-0.05, 0) is 30.2 Å². The van der Waals surface area contributed by atoms with Crippen molar-refractivity contribution in [2.75, 3.05) is 32.8 Å². The third kappa shape index (κ3) is 5.13. The second-order valence-corrected chi connectivity index (χ2v) is 6.03. The molecule has 1 heterocycles. The predicted molar refractivity (Wildman–Crippen MR) is 104 cm³/mol. The van der Waals surface area contributed by atoms with Crippen molar-refractivity contribution in [2.24, 2.45) is 5.73 Å². The fourth-order valence-electron chi connectivity index (χ4n) is 2.86. The molecule has 0 saturated heterocycles. The number of fused-ring (bicyclic) bond motifs is 1. The molecule has 6 heteroatoms. The van der Waals surface area contributed by atoms with Gasteiger partial charge in [-0.1, -0.05) is 30.3 Å². The highest BCUT2D eigenvalue weighted by Crippen LogP contribution is 2.30. The quantitative estimate of drug-likeness (QED) is 0.841. The van der Waals surface area contributed by atoms with Gasteiger partial charge in [-0.25, -0.2) is 0 Å². The topological polar surface area (TPSA) is 64.8 Å². The maximum absolute atomic E-state index is 12.9. The molecule has 0 aromatic heterocycles. The molecule has 0 aliphatic carbocycles. The van der Waals surface area contributed by atoms with Crippen LogP contribution in [0, 0.1) is 0 Å². The van der Waals surface area contributed by atoms with Gasteiger partial charge in [0.15, 0.2) is 11.5 Å². The molecule has 1 amide bonds. The molecule has 1 aliphatic rings. The standard InChI is InChI=1S/C20H24N2O3.ClH/c21-10-12-22(11-9-16-5-2-1-3-6-16)20(23)17-7-8-18-19(15-17)25-14-4-13-24-18;/h1-3,5-8,15H,4,9-14,21H2;1H. The molecule has 0 spiro atoms. The van der Waals surface area contributed by atoms with Crippen LogP contribution in [0.2, 0.25) is 0 Å². The summed E-state index contributed by atoms with van der Waals surface area (Å²) in [5.41, 5.74) is 7.51. The van der Waals surface area contributed by atoms with Gasteiger partial charge in [0, 0.05) is 31.6 Å². The smallest absolute Gasteiger partial charge is 0.254 e. The van der Waals surface area contributed by atoms with Crippen LogP contribution in [0.25, 0.3) is 0 Å². The Hall–Kier alpha value is -2.24. The Morgan fingerprint density at radius 3 is 2.46 bits per heavy atom. The number of hydrogen-bond acceptors (Lipinski definition) is 4. The third-order valence-corrected chi connectivity index (χ3v) is 4.19. The number of halogens is 1. The molecule has 26 heavy (non-hydrogen) atoms. The third-order valence-electron chi connectivity index (χ3n) is 4.19. The van der Waals surface area contributed by atoms with Crippen molar-refractivity contribution in [1.29, 1.82) is 0 Å². The number of ether oxygens (including phenoxy) is 2. The van der Waals surface area contributed by atoms with E-state index in [9.17, 15) is 4.79 Å². The molecule has 0 unspecified atom stereocenters. The average Bonchev–Trinajstić information content (AvgIpc) is 2.90. The second-order valence-electron chi connectivity index (χ2n) is 6.03. The number of carbonyl (C=O) groups is 1. The van der Waals surface area contributed by atoms with Gasteiger partial charge >= 0.3 is 0 Å². The number of benzene rings is 2. The summed E-state index contributed by atoms with van der Waals surface area (Å²) in [6, 6.07) is 15.5. The SMILES string of the molecule is Cl.NCCN(CCc1ccccc1)C(=O)c1ccc2c(c1)OCCCO2. The Balaban J connectivity index is 0.00000243. The normalized spacial score (nSPS) is 12.7. The first-order valence-electron chi connectivity index (χ1n) is 8.71. The van der Waals surface area contributed by atoms with Crippen LogP contribution in [0.3, 0.4) is 0 Å². The molecule has 5 nitrogen and oxygen atoms in total. The molecular weight excluding hydrogens is 352 g/mol. The molecule has 0 fully saturated rings. The van der Waals surface area contributed by atoms with Gasteiger partial charge in [0.25, 0.3) is 5.91 Å². The number of carbonyl (C=O) groups excluding carboxylic acids is 1. The summed E-state index contributed by atoms with van der Waals surface area (Å²) in [6.45, 7) is 2.83. The Morgan fingerprint density at radius 1 is 1.00 bits per heavy atom. The van der Waals surface area contributed by atoms with E-state index < -0.39 is 0 Å². The first-order chi connectivity index (χ1) is 12.3. The molecule has 3 rings (SSSR count). The minimum Gasteiger partial charge on any atom is -0.490 e. The minimum atomic E-state index is -0.0305. The fraction of sp³-hybridized carbons (Fsp3) is 0.350. The van der Waals surface area contributed by atoms with E-state index in [4.69, 9.17) is 15.2 Å². The van der Waals surface area contributed by atoms with Gasteiger partial charge in [-0.15, -0.1) is 12.4 Å². The Morgan fingerprint density at radius 2 is 1.73 bits per heavy atom. The molecule has 0 radical (unpaired) electrons. The van der Waals surface area contributed by atoms with Crippen LogP contribution in [-0.4, -0.2) is 43.7 Å². The van der Waals surface area contributed by atoms with Gasteiger partial charge in [0.1, 0.15) is 0 Å². The lowest BCUT2D eigenvalue weighted by atomic mass is 10.1. The van der Waals surface area contributed by atoms with Crippen molar-refractivity contribution in [3.8, 4) is 11.5 Å². The highest BCUT2D eigenvalue weighted by atomic mass is 35.5. The van der Waals surface area contributed by atoms with E-state index in [0.29, 0.717) is 49.9 Å². The maximum atomic E-state index is 12.9. The van der Waals surface area contributed by atoms with E-state index in [2.05, 4.69) is 12.1 Å². The molecule has 2 N–H and O–H groups in total. The van der Waals surface area contributed by atoms with Crippen LogP contribution >= 0.6 is 12.4 Å². The zero-order chi connectivity index (χ0) is 17.5. The van der Waals surface area contributed by atoms with Gasteiger partial charge in [0.05, 0.1) is 13.2 Å². The molecule has 0 atom stereocenters. The molecule has 0 saturated carbocycles. The van der Waals surface area contributed by atoms with Gasteiger partial charge in [-0.2, -0.15) is 0 Å². The maximum Gasteiger partial charge on any atom is 0.254 e. The summed E-state index contributed by atoms with van der Waals surface area (Å²) in [5, 5.41) is 0. The van der Waals surface area contributed by atoms with Crippen molar-refractivity contribution in [2.45, 2.75) is 12.8 Å². The zero-order valence-electron chi connectivity index (χ0n) is 14.7. The molecular formula is C20H25ClN2O3. The van der Waals surface area contributed by atoms with Gasteiger partial charge in [-0.3, -0.25) is 4.79 Å². The lowest BCUT2D eigenvalue weighted by molar-refractivity contribution is 0.0761. The van der Waals surface area contributed by atoms with Crippen molar-refractivity contribution in [1.82, 2.24) is 4.90 Å². The van der Waals surface area contributed by atoms with Crippen molar-refractivity contribution < 1.29 is 14.3 Å². The highest BCUT2D eigenvalue weighted by Gasteiger charge is 2.18. The first-order valence-corrected chi connectivity index (χ1v) is 8.71. The lowest BCUT2D eigenvalue weighted by Gasteiger charge is -2.22. The van der Waals surface area contributed by atoms with Crippen molar-refractivity contribution >= 4 is 18.3 Å². The largest absolute Gasteiger partial charge is 0.490 e. The van der Waals surface area contributed by atoms with Crippen LogP contribution in [0.15, 0.2) is 48.5 Å². The fourth-order valence-corrected chi connectivity index (χ4v) is 2.86. The highest BCUT2D eigenvalue weighted by molar-refractivity contribution is 5.95. The Bertz CT molecular complexity index is 709. The minimum absolute atomic E-state index is 0. The van der Waals surface area contributed by atoms with E-state index in [1.54, 1.807) is 17.0 Å². The predicted octanol–water partition coefficient (Wildman–Crippen LogP) is 2.91. The van der Waals surface area contributed by atoms with Crippen molar-refractivity contribution in [3.63, 3.8) is 0 Å². The van der Waals surface area contributed by atoms with Crippen LogP contribution in [0.1, 0.15) is 22.3 Å². The van der Waals surface area contributed by atoms with Crippen LogP contribution in [-0.2, 0) is 6.42 Å². The van der Waals surface area contributed by atoms with Gasteiger partial charge in [0.2, 0.25) is 0 Å². The summed E-state index contributed by atoms with van der Waals surface area (Å²) in [5.74, 6) is 1.31. The monoisotopic (exact) mass is 376 g/mol. The first kappa shape index (κ1) is 20.1. The van der Waals surface area contributed by atoms with E-state index in [-0.39, 0.29) is 18.3 Å². The average molecular weight is 377 g/mol. The summed E-state index contributed by atoms with van der Waals surface area (Å²) in [7, 11) is 0. The molecule has 2 aromatic rings. The molecule has 140 valence electrons. The van der Waals surface area contributed by atoms with E-state index >= 15 is 0 Å². The van der Waals surface area contributed by atoms with Crippen LogP contribution in [0.4, 0.5) is 0 Å². The summed E-state index contributed by atoms with van der Waals surface area (Å²) in [6.07, 6.45) is 1.64. The Kier molecular flexibility index (Phi) is 7.75. The van der Waals surface area contributed by atoms with E-state index in [1.807, 2.05) is 24.3 Å². The lowest BCUT2D eigenvalue weighted by Crippen LogP contribution is -2.37. The number of rotatable bonds is 6. The molecule has 0 bridgehead atoms. The molecule has 2 aromatic carbocycles. The number of nitrogens with zero attached hydrogens (tertiary/aromatic N) is 1. The zero-order valence-corrected chi connectivity index (χ0v) is 15.5. The second kappa shape index (κ2) is 10.0. The van der Waals surface area contributed by atoms with Crippen LogP contribution in [0.5, 0.6) is 11.5 Å².